The van der Waals surface area contributed by atoms with Gasteiger partial charge in [0.15, 0.2) is 0 Å². The molecule has 0 aliphatic rings. The fraction of sp³-hybridized carbons (Fsp3) is 0.135. The highest BCUT2D eigenvalue weighted by Gasteiger charge is 2.21. The number of rotatable bonds is 15. The summed E-state index contributed by atoms with van der Waals surface area (Å²) in [6.45, 7) is 1.64. The number of nitrogens with one attached hydrogen (secondary N) is 2. The number of hydrogen-bond donors (Lipinski definition) is 5. The zero-order valence-electron chi connectivity index (χ0n) is 32.0. The maximum Gasteiger partial charge on any atom is 0.335 e. The number of aryl methyl sites for hydroxylation is 1. The predicted octanol–water partition coefficient (Wildman–Crippen LogP) is 9.11. The second-order valence-corrected chi connectivity index (χ2v) is 14.8. The smallest absolute Gasteiger partial charge is 0.335 e. The Morgan fingerprint density at radius 3 is 1.65 bits per heavy atom. The Morgan fingerprint density at radius 1 is 0.533 bits per heavy atom. The molecule has 60 heavy (non-hydrogen) atoms. The van der Waals surface area contributed by atoms with Crippen LogP contribution >= 0.6 is 0 Å². The summed E-state index contributed by atoms with van der Waals surface area (Å²) in [6.07, 6.45) is 0. The maximum atomic E-state index is 13.2. The van der Waals surface area contributed by atoms with E-state index in [0.29, 0.717) is 23.0 Å². The molecule has 0 aliphatic carbocycles. The number of urea groups is 1. The average molecular weight is 863 g/mol. The van der Waals surface area contributed by atoms with E-state index in [1.165, 1.54) is 83.0 Å². The van der Waals surface area contributed by atoms with Crippen molar-refractivity contribution in [3.8, 4) is 23.0 Å². The lowest BCUT2D eigenvalue weighted by Crippen LogP contribution is -2.20. The topological polar surface area (TPSA) is 298 Å². The summed E-state index contributed by atoms with van der Waals surface area (Å²) in [5.41, 5.74) is 2.11. The van der Waals surface area contributed by atoms with Crippen molar-refractivity contribution >= 4 is 77.7 Å². The van der Waals surface area contributed by atoms with Gasteiger partial charge in [0.05, 0.1) is 67.3 Å². The van der Waals surface area contributed by atoms with Crippen molar-refractivity contribution in [3.63, 3.8) is 0 Å². The van der Waals surface area contributed by atoms with Crippen molar-refractivity contribution < 1.29 is 59.6 Å². The second-order valence-electron chi connectivity index (χ2n) is 12.0. The first kappa shape index (κ1) is 43.8. The van der Waals surface area contributed by atoms with Gasteiger partial charge in [-0.3, -0.25) is 9.11 Å². The lowest BCUT2D eigenvalue weighted by molar-refractivity contribution is 0.0696. The summed E-state index contributed by atoms with van der Waals surface area (Å²) in [5, 5.41) is 39.2. The van der Waals surface area contributed by atoms with Crippen LogP contribution in [0.5, 0.6) is 23.0 Å². The summed E-state index contributed by atoms with van der Waals surface area (Å²) in [4.78, 5) is 22.6. The van der Waals surface area contributed by atoms with E-state index in [1.807, 2.05) is 0 Å². The van der Waals surface area contributed by atoms with Gasteiger partial charge in [-0.05, 0) is 73.2 Å². The highest BCUT2D eigenvalue weighted by atomic mass is 32.2. The molecule has 312 valence electrons. The maximum absolute atomic E-state index is 13.2. The largest absolute Gasteiger partial charge is 0.494 e. The molecular formula is C37H34N8O13S2. The summed E-state index contributed by atoms with van der Waals surface area (Å²) >= 11 is 0. The number of benzene rings is 5. The molecule has 0 radical (unpaired) electrons. The van der Waals surface area contributed by atoms with Crippen molar-refractivity contribution in [1.29, 1.82) is 0 Å². The van der Waals surface area contributed by atoms with Crippen LogP contribution in [0.4, 0.5) is 50.3 Å². The van der Waals surface area contributed by atoms with Crippen LogP contribution in [-0.2, 0) is 20.2 Å². The third-order valence-corrected chi connectivity index (χ3v) is 9.85. The van der Waals surface area contributed by atoms with E-state index in [4.69, 9.17) is 24.1 Å². The summed E-state index contributed by atoms with van der Waals surface area (Å²) in [7, 11) is -4.19. The normalized spacial score (nSPS) is 11.8. The molecule has 5 aromatic carbocycles. The lowest BCUT2D eigenvalue weighted by Gasteiger charge is -2.15. The van der Waals surface area contributed by atoms with Gasteiger partial charge in [-0.1, -0.05) is 0 Å². The first-order valence-corrected chi connectivity index (χ1v) is 19.7. The number of anilines is 2. The van der Waals surface area contributed by atoms with Crippen LogP contribution in [0.15, 0.2) is 125 Å². The fourth-order valence-electron chi connectivity index (χ4n) is 5.14. The summed E-state index contributed by atoms with van der Waals surface area (Å²) in [5.74, 6) is -0.184. The quantitative estimate of drug-likeness (QED) is 0.0485. The molecule has 0 heterocycles. The molecule has 0 fully saturated rings. The van der Waals surface area contributed by atoms with Crippen LogP contribution in [-0.4, -0.2) is 71.5 Å². The Morgan fingerprint density at radius 2 is 1.05 bits per heavy atom. The second kappa shape index (κ2) is 18.5. The third-order valence-electron chi connectivity index (χ3n) is 8.11. The molecule has 0 aliphatic heterocycles. The van der Waals surface area contributed by atoms with Gasteiger partial charge in [-0.2, -0.15) is 32.2 Å². The Kier molecular flexibility index (Phi) is 13.5. The van der Waals surface area contributed by atoms with Crippen LogP contribution in [0.2, 0.25) is 0 Å². The van der Waals surface area contributed by atoms with Crippen LogP contribution in [0.1, 0.15) is 15.9 Å². The Hall–Kier alpha value is -7.34. The number of hydrogen-bond acceptors (Lipinski definition) is 16. The molecule has 0 spiro atoms. The Balaban J connectivity index is 1.31. The molecule has 0 atom stereocenters. The van der Waals surface area contributed by atoms with E-state index in [0.717, 1.165) is 12.1 Å². The zero-order valence-corrected chi connectivity index (χ0v) is 33.6. The van der Waals surface area contributed by atoms with Gasteiger partial charge in [0.25, 0.3) is 20.2 Å². The van der Waals surface area contributed by atoms with E-state index in [-0.39, 0.29) is 57.0 Å². The van der Waals surface area contributed by atoms with Crippen LogP contribution in [0.3, 0.4) is 0 Å². The number of aromatic carboxylic acids is 1. The minimum Gasteiger partial charge on any atom is -0.494 e. The number of carboxylic acids is 1. The van der Waals surface area contributed by atoms with Crippen molar-refractivity contribution in [2.45, 2.75) is 16.7 Å². The van der Waals surface area contributed by atoms with Gasteiger partial charge in [0.1, 0.15) is 45.0 Å². The summed E-state index contributed by atoms with van der Waals surface area (Å²) in [6, 6.07) is 18.1. The van der Waals surface area contributed by atoms with Gasteiger partial charge < -0.3 is 34.7 Å². The number of amides is 2. The Labute approximate surface area is 341 Å². The highest BCUT2D eigenvalue weighted by molar-refractivity contribution is 7.86. The minimum absolute atomic E-state index is 0.0976. The summed E-state index contributed by atoms with van der Waals surface area (Å²) < 4.78 is 87.5. The van der Waals surface area contributed by atoms with Gasteiger partial charge in [0, 0.05) is 24.3 Å². The zero-order chi connectivity index (χ0) is 43.8. The van der Waals surface area contributed by atoms with Crippen molar-refractivity contribution in [1.82, 2.24) is 0 Å². The van der Waals surface area contributed by atoms with Gasteiger partial charge in [0.2, 0.25) is 0 Å². The standard InChI is InChI=1S/C37H34N8O13S2/c1-20-14-29(33(57-4)17-27(20)43-42-26-13-11-24(59(49,50)51)16-35(26)60(52,53)54)44-41-23-10-12-25(31(15-23)55-2)38-37(48)39-28-18-34(58-5)30(19-32(28)56-3)45-40-22-8-6-21(7-9-22)36(46)47/h6-19H,1-5H3,(H,46,47)(H2,38,39,48)(H,49,50,51)(H,52,53,54). The third kappa shape index (κ3) is 10.8. The minimum atomic E-state index is -4.97. The van der Waals surface area contributed by atoms with E-state index in [2.05, 4.69) is 41.3 Å². The molecule has 5 rings (SSSR count). The predicted molar refractivity (Wildman–Crippen MR) is 215 cm³/mol. The van der Waals surface area contributed by atoms with Gasteiger partial charge in [-0.15, -0.1) is 15.3 Å². The SMILES string of the molecule is COc1cc(N=Nc2ccc(S(=O)(=O)O)cc2S(=O)(=O)O)c(C)cc1N=Nc1ccc(NC(=O)Nc2cc(OC)c(N=Nc3ccc(C(=O)O)cc3)cc2OC)c(OC)c1. The molecule has 0 saturated carbocycles. The number of carbonyl (C=O) groups is 2. The number of methoxy groups -OCH3 is 4. The molecular weight excluding hydrogens is 829 g/mol. The number of nitrogens with zero attached hydrogens (tertiary/aromatic N) is 6. The van der Waals surface area contributed by atoms with E-state index < -0.39 is 47.7 Å². The molecule has 0 unspecified atom stereocenters. The highest BCUT2D eigenvalue weighted by Crippen LogP contribution is 2.40. The van der Waals surface area contributed by atoms with Crippen LogP contribution in [0.25, 0.3) is 0 Å². The van der Waals surface area contributed by atoms with Crippen LogP contribution < -0.4 is 29.6 Å². The molecule has 2 amide bonds. The Bertz CT molecular complexity index is 2780. The van der Waals surface area contributed by atoms with Crippen molar-refractivity contribution in [2.24, 2.45) is 30.7 Å². The number of carboxylic acid groups (broad SMARTS) is 1. The van der Waals surface area contributed by atoms with Crippen molar-refractivity contribution in [2.75, 3.05) is 39.1 Å². The molecule has 21 nitrogen and oxygen atoms in total. The molecule has 0 aromatic heterocycles. The van der Waals surface area contributed by atoms with E-state index in [9.17, 15) is 35.5 Å². The monoisotopic (exact) mass is 862 g/mol. The number of carbonyl (C=O) groups excluding carboxylic acids is 1. The first-order chi connectivity index (χ1) is 28.4. The fourth-order valence-corrected chi connectivity index (χ4v) is 6.37. The number of ether oxygens (including phenoxy) is 4. The van der Waals surface area contributed by atoms with E-state index >= 15 is 0 Å². The molecule has 5 aromatic rings. The lowest BCUT2D eigenvalue weighted by atomic mass is 10.1. The molecule has 0 saturated heterocycles. The molecule has 0 bridgehead atoms. The number of azo groups is 3. The van der Waals surface area contributed by atoms with Gasteiger partial charge in [-0.25, -0.2) is 9.59 Å². The van der Waals surface area contributed by atoms with Crippen LogP contribution in [0, 0.1) is 6.92 Å². The van der Waals surface area contributed by atoms with Crippen molar-refractivity contribution in [3.05, 3.63) is 96.1 Å². The first-order valence-electron chi connectivity index (χ1n) is 16.8. The average Bonchev–Trinajstić information content (AvgIpc) is 3.21. The van der Waals surface area contributed by atoms with Gasteiger partial charge >= 0.3 is 12.0 Å². The molecule has 23 heteroatoms. The van der Waals surface area contributed by atoms with E-state index in [1.54, 1.807) is 19.1 Å². The molecule has 5 N–H and O–H groups in total.